The van der Waals surface area contributed by atoms with Crippen molar-refractivity contribution in [3.05, 3.63) is 70.6 Å². The number of urea groups is 1. The Morgan fingerprint density at radius 1 is 0.923 bits per heavy atom. The van der Waals surface area contributed by atoms with Crippen molar-refractivity contribution in [2.75, 3.05) is 30.8 Å². The fraction of sp³-hybridized carbons (Fsp3) is 0.412. The zero-order valence-corrected chi connectivity index (χ0v) is 29.9. The van der Waals surface area contributed by atoms with Crippen LogP contribution in [0.25, 0.3) is 11.1 Å². The number of hydrogen-bond acceptors (Lipinski definition) is 10. The number of nitrogens with zero attached hydrogens (tertiary/aromatic N) is 3. The summed E-state index contributed by atoms with van der Waals surface area (Å²) in [5, 5.41) is 10.3. The number of alkyl carbamates (subject to hydrolysis) is 1. The summed E-state index contributed by atoms with van der Waals surface area (Å²) in [5.41, 5.74) is -0.619. The molecule has 0 aliphatic carbocycles. The molecular formula is C34H43F3N8O7. The second kappa shape index (κ2) is 17.5. The van der Waals surface area contributed by atoms with Gasteiger partial charge in [-0.15, -0.1) is 13.2 Å². The zero-order valence-electron chi connectivity index (χ0n) is 29.9. The van der Waals surface area contributed by atoms with Gasteiger partial charge in [0.05, 0.1) is 11.3 Å². The molecule has 1 heterocycles. The van der Waals surface area contributed by atoms with Gasteiger partial charge < -0.3 is 24.8 Å². The Kier molecular flexibility index (Phi) is 13.7. The number of rotatable bonds is 10. The van der Waals surface area contributed by atoms with Crippen molar-refractivity contribution in [3.63, 3.8) is 0 Å². The Bertz CT molecular complexity index is 1780. The molecule has 0 spiro atoms. The molecule has 52 heavy (non-hydrogen) atoms. The number of H-pyrrole nitrogens is 1. The van der Waals surface area contributed by atoms with Gasteiger partial charge in [0.25, 0.3) is 5.56 Å². The molecule has 18 heteroatoms. The Labute approximate surface area is 298 Å². The first-order chi connectivity index (χ1) is 24.2. The lowest BCUT2D eigenvalue weighted by Gasteiger charge is -2.26. The number of aliphatic imine (C=N–C) groups is 1. The monoisotopic (exact) mass is 732 g/mol. The predicted octanol–water partition coefficient (Wildman–Crippen LogP) is 6.21. The Morgan fingerprint density at radius 3 is 2.19 bits per heavy atom. The zero-order chi connectivity index (χ0) is 38.7. The molecule has 0 bridgehead atoms. The van der Waals surface area contributed by atoms with Gasteiger partial charge in [0.1, 0.15) is 11.2 Å². The van der Waals surface area contributed by atoms with E-state index in [1.165, 1.54) is 31.4 Å². The quantitative estimate of drug-likeness (QED) is 0.0918. The number of nitrogens with one attached hydrogen (secondary N) is 5. The topological polar surface area (TPSA) is 188 Å². The third-order valence-corrected chi connectivity index (χ3v) is 6.36. The maximum atomic E-state index is 12.8. The third kappa shape index (κ3) is 14.3. The van der Waals surface area contributed by atoms with E-state index in [-0.39, 0.29) is 29.7 Å². The highest BCUT2D eigenvalue weighted by atomic mass is 19.4. The van der Waals surface area contributed by atoms with Gasteiger partial charge in [-0.25, -0.2) is 19.4 Å². The maximum absolute atomic E-state index is 12.8. The van der Waals surface area contributed by atoms with E-state index in [1.54, 1.807) is 53.7 Å². The molecule has 0 aliphatic heterocycles. The Morgan fingerprint density at radius 2 is 1.58 bits per heavy atom. The van der Waals surface area contributed by atoms with Crippen LogP contribution < -0.4 is 31.6 Å². The Hall–Kier alpha value is -5.65. The third-order valence-electron chi connectivity index (χ3n) is 6.36. The molecule has 0 aliphatic rings. The highest BCUT2D eigenvalue weighted by Gasteiger charge is 2.32. The number of guanidine groups is 1. The number of amides is 4. The molecule has 282 valence electrons. The number of anilines is 2. The summed E-state index contributed by atoms with van der Waals surface area (Å²) >= 11 is 0. The van der Waals surface area contributed by atoms with Gasteiger partial charge in [0.15, 0.2) is 5.75 Å². The van der Waals surface area contributed by atoms with Crippen molar-refractivity contribution in [3.8, 4) is 16.9 Å². The van der Waals surface area contributed by atoms with Gasteiger partial charge in [-0.05, 0) is 77.8 Å². The number of ether oxygens (including phenoxy) is 3. The second-order valence-corrected chi connectivity index (χ2v) is 13.2. The number of benzene rings is 2. The van der Waals surface area contributed by atoms with Crippen LogP contribution in [0.15, 0.2) is 64.5 Å². The largest absolute Gasteiger partial charge is 0.573 e. The van der Waals surface area contributed by atoms with Crippen LogP contribution in [-0.4, -0.2) is 76.7 Å². The Balaban J connectivity index is 1.53. The lowest BCUT2D eigenvalue weighted by Crippen LogP contribution is -2.48. The van der Waals surface area contributed by atoms with Crippen molar-refractivity contribution in [1.82, 2.24) is 25.5 Å². The number of aromatic amines is 1. The van der Waals surface area contributed by atoms with Gasteiger partial charge in [-0.3, -0.25) is 30.3 Å². The van der Waals surface area contributed by atoms with Gasteiger partial charge in [0.2, 0.25) is 11.9 Å². The summed E-state index contributed by atoms with van der Waals surface area (Å²) in [6.07, 6.45) is -4.59. The van der Waals surface area contributed by atoms with Gasteiger partial charge in [-0.2, -0.15) is 0 Å². The minimum absolute atomic E-state index is 0.0172. The molecule has 0 unspecified atom stereocenters. The normalized spacial score (nSPS) is 12.1. The van der Waals surface area contributed by atoms with Crippen LogP contribution in [0.1, 0.15) is 53.5 Å². The number of carbonyl (C=O) groups excluding carboxylic acids is 3. The van der Waals surface area contributed by atoms with Crippen LogP contribution in [0, 0.1) is 0 Å². The van der Waals surface area contributed by atoms with E-state index < -0.39 is 47.1 Å². The summed E-state index contributed by atoms with van der Waals surface area (Å²) in [5.74, 6) is -0.857. The maximum Gasteiger partial charge on any atom is 0.573 e. The highest BCUT2D eigenvalue weighted by Crippen LogP contribution is 2.30. The summed E-state index contributed by atoms with van der Waals surface area (Å²) in [4.78, 5) is 62.1. The standard InChI is InChI=1S/C34H43F3N8O7/c1-32(2,3)51-30(48)44-28(45(7)31(49)52-33(4,5)6)39-18-10-17-38-19-21-13-15-22(16-14-21)23-20-40-27(42-26(23)46)43-29(47)41-24-11-8-9-12-25(24)50-34(35,36)37/h8-9,11-16,20,38H,10,17-19H2,1-7H3,(H,39,44,48)(H3,40,41,42,43,46,47). The molecular weight excluding hydrogens is 689 g/mol. The number of aromatic nitrogens is 2. The number of para-hydroxylation sites is 2. The molecule has 0 fully saturated rings. The lowest BCUT2D eigenvalue weighted by atomic mass is 10.1. The van der Waals surface area contributed by atoms with Crippen LogP contribution >= 0.6 is 0 Å². The molecule has 2 aromatic carbocycles. The van der Waals surface area contributed by atoms with Gasteiger partial charge >= 0.3 is 24.6 Å². The van der Waals surface area contributed by atoms with Crippen LogP contribution in [-0.2, 0) is 16.0 Å². The molecule has 1 aromatic heterocycles. The molecule has 0 saturated heterocycles. The van der Waals surface area contributed by atoms with Crippen LogP contribution in [0.4, 0.5) is 39.2 Å². The average molecular weight is 733 g/mol. The molecule has 0 radical (unpaired) electrons. The summed E-state index contributed by atoms with van der Waals surface area (Å²) in [6, 6.07) is 11.1. The minimum atomic E-state index is -4.96. The minimum Gasteiger partial charge on any atom is -0.444 e. The molecule has 5 N–H and O–H groups in total. The van der Waals surface area contributed by atoms with E-state index in [0.717, 1.165) is 16.5 Å². The summed E-state index contributed by atoms with van der Waals surface area (Å²) in [7, 11) is 1.44. The van der Waals surface area contributed by atoms with E-state index >= 15 is 0 Å². The summed E-state index contributed by atoms with van der Waals surface area (Å²) in [6.45, 7) is 11.6. The fourth-order valence-electron chi connectivity index (χ4n) is 4.17. The number of carbonyl (C=O) groups is 3. The van der Waals surface area contributed by atoms with E-state index in [2.05, 4.69) is 41.0 Å². The SMILES string of the molecule is CN(C(=O)OC(C)(C)C)C(=NCCCNCc1ccc(-c2cnc(NC(=O)Nc3ccccc3OC(F)(F)F)[nH]c2=O)cc1)NC(=O)OC(C)(C)C. The highest BCUT2D eigenvalue weighted by molar-refractivity contribution is 6.01. The van der Waals surface area contributed by atoms with Crippen molar-refractivity contribution in [1.29, 1.82) is 0 Å². The first-order valence-corrected chi connectivity index (χ1v) is 16.0. The van der Waals surface area contributed by atoms with E-state index in [4.69, 9.17) is 9.47 Å². The first-order valence-electron chi connectivity index (χ1n) is 16.0. The van der Waals surface area contributed by atoms with Crippen LogP contribution in [0.2, 0.25) is 0 Å². The van der Waals surface area contributed by atoms with Gasteiger partial charge in [0, 0.05) is 26.3 Å². The van der Waals surface area contributed by atoms with Crippen LogP contribution in [0.3, 0.4) is 0 Å². The van der Waals surface area contributed by atoms with Crippen molar-refractivity contribution >= 4 is 35.8 Å². The van der Waals surface area contributed by atoms with Crippen molar-refractivity contribution in [2.45, 2.75) is 72.1 Å². The van der Waals surface area contributed by atoms with E-state index in [0.29, 0.717) is 25.1 Å². The summed E-state index contributed by atoms with van der Waals surface area (Å²) < 4.78 is 52.6. The lowest BCUT2D eigenvalue weighted by molar-refractivity contribution is -0.274. The molecule has 3 rings (SSSR count). The number of halogens is 3. The van der Waals surface area contributed by atoms with E-state index in [1.807, 2.05) is 12.1 Å². The first kappa shape index (κ1) is 40.8. The number of hydrogen-bond donors (Lipinski definition) is 5. The molecule has 4 amide bonds. The predicted molar refractivity (Wildman–Crippen MR) is 188 cm³/mol. The molecule has 3 aromatic rings. The average Bonchev–Trinajstić information content (AvgIpc) is 3.01. The van der Waals surface area contributed by atoms with E-state index in [9.17, 15) is 32.3 Å². The molecule has 0 saturated carbocycles. The second-order valence-electron chi connectivity index (χ2n) is 13.2. The van der Waals surface area contributed by atoms with Gasteiger partial charge in [-0.1, -0.05) is 36.4 Å². The molecule has 15 nitrogen and oxygen atoms in total. The number of alkyl halides is 3. The molecule has 0 atom stereocenters. The fourth-order valence-corrected chi connectivity index (χ4v) is 4.17. The van der Waals surface area contributed by atoms with Crippen molar-refractivity contribution in [2.24, 2.45) is 4.99 Å². The van der Waals surface area contributed by atoms with Crippen molar-refractivity contribution < 1.29 is 41.8 Å². The smallest absolute Gasteiger partial charge is 0.444 e. The van der Waals surface area contributed by atoms with Crippen LogP contribution in [0.5, 0.6) is 5.75 Å².